The third-order valence-electron chi connectivity index (χ3n) is 2.99. The van der Waals surface area contributed by atoms with E-state index in [1.807, 2.05) is 38.1 Å². The number of aromatic nitrogens is 1. The van der Waals surface area contributed by atoms with Gasteiger partial charge in [-0.05, 0) is 25.0 Å². The van der Waals surface area contributed by atoms with E-state index in [1.165, 1.54) is 0 Å². The second-order valence-corrected chi connectivity index (χ2v) is 4.38. The minimum absolute atomic E-state index is 0.0811. The summed E-state index contributed by atoms with van der Waals surface area (Å²) in [5.41, 5.74) is 4.15. The van der Waals surface area contributed by atoms with Crippen LogP contribution >= 0.6 is 0 Å². The third kappa shape index (κ3) is 2.97. The van der Waals surface area contributed by atoms with Crippen LogP contribution in [0.5, 0.6) is 0 Å². The lowest BCUT2D eigenvalue weighted by Gasteiger charge is -2.06. The molecule has 4 nitrogen and oxygen atoms in total. The van der Waals surface area contributed by atoms with Crippen LogP contribution in [0.15, 0.2) is 28.8 Å². The number of hydrogen-bond acceptors (Lipinski definition) is 4. The molecule has 0 saturated carbocycles. The summed E-state index contributed by atoms with van der Waals surface area (Å²) in [4.78, 5) is 0. The van der Waals surface area contributed by atoms with Crippen LogP contribution in [0.4, 0.5) is 0 Å². The van der Waals surface area contributed by atoms with E-state index in [2.05, 4.69) is 10.5 Å². The standard InChI is InChI=1S/C14H18N2O2/c1-10-14(11(2)18-16-10)8-15-7-12-4-3-5-13(6-12)9-17/h3-6,15,17H,7-9H2,1-2H3. The Hall–Kier alpha value is -1.65. The summed E-state index contributed by atoms with van der Waals surface area (Å²) in [6.45, 7) is 5.45. The van der Waals surface area contributed by atoms with Gasteiger partial charge in [0.2, 0.25) is 0 Å². The van der Waals surface area contributed by atoms with Gasteiger partial charge in [0.1, 0.15) is 5.76 Å². The molecule has 0 aliphatic rings. The third-order valence-corrected chi connectivity index (χ3v) is 2.99. The largest absolute Gasteiger partial charge is 0.392 e. The molecule has 0 aliphatic heterocycles. The second-order valence-electron chi connectivity index (χ2n) is 4.38. The van der Waals surface area contributed by atoms with Gasteiger partial charge in [0.25, 0.3) is 0 Å². The van der Waals surface area contributed by atoms with Crippen LogP contribution in [0.1, 0.15) is 28.1 Å². The highest BCUT2D eigenvalue weighted by Crippen LogP contribution is 2.12. The molecule has 0 amide bonds. The molecular weight excluding hydrogens is 228 g/mol. The van der Waals surface area contributed by atoms with E-state index in [0.717, 1.165) is 41.2 Å². The second kappa shape index (κ2) is 5.80. The van der Waals surface area contributed by atoms with Crippen molar-refractivity contribution >= 4 is 0 Å². The van der Waals surface area contributed by atoms with Crippen LogP contribution in [-0.2, 0) is 19.7 Å². The molecule has 2 rings (SSSR count). The van der Waals surface area contributed by atoms with Crippen molar-refractivity contribution in [1.82, 2.24) is 10.5 Å². The first-order valence-corrected chi connectivity index (χ1v) is 6.02. The number of hydrogen-bond donors (Lipinski definition) is 2. The predicted molar refractivity (Wildman–Crippen MR) is 68.9 cm³/mol. The van der Waals surface area contributed by atoms with Gasteiger partial charge in [-0.3, -0.25) is 0 Å². The molecule has 0 radical (unpaired) electrons. The van der Waals surface area contributed by atoms with Crippen LogP contribution < -0.4 is 5.32 Å². The molecular formula is C14H18N2O2. The lowest BCUT2D eigenvalue weighted by molar-refractivity contribution is 0.281. The Labute approximate surface area is 107 Å². The number of rotatable bonds is 5. The average Bonchev–Trinajstić information content (AvgIpc) is 2.70. The number of benzene rings is 1. The zero-order valence-corrected chi connectivity index (χ0v) is 10.7. The molecule has 0 aliphatic carbocycles. The lowest BCUT2D eigenvalue weighted by Crippen LogP contribution is -2.13. The summed E-state index contributed by atoms with van der Waals surface area (Å²) < 4.78 is 5.11. The van der Waals surface area contributed by atoms with Crippen molar-refractivity contribution in [3.8, 4) is 0 Å². The molecule has 0 saturated heterocycles. The van der Waals surface area contributed by atoms with Crippen molar-refractivity contribution in [2.75, 3.05) is 0 Å². The Morgan fingerprint density at radius 1 is 1.22 bits per heavy atom. The molecule has 0 unspecified atom stereocenters. The molecule has 1 heterocycles. The van der Waals surface area contributed by atoms with Crippen LogP contribution in [0, 0.1) is 13.8 Å². The minimum atomic E-state index is 0.0811. The highest BCUT2D eigenvalue weighted by Gasteiger charge is 2.07. The van der Waals surface area contributed by atoms with Crippen LogP contribution in [0.2, 0.25) is 0 Å². The van der Waals surface area contributed by atoms with Crippen LogP contribution in [0.25, 0.3) is 0 Å². The zero-order valence-electron chi connectivity index (χ0n) is 10.7. The molecule has 0 spiro atoms. The molecule has 96 valence electrons. The number of aryl methyl sites for hydroxylation is 2. The first kappa shape index (κ1) is 12.8. The number of aliphatic hydroxyl groups excluding tert-OH is 1. The molecule has 4 heteroatoms. The van der Waals surface area contributed by atoms with Gasteiger partial charge in [-0.1, -0.05) is 29.4 Å². The topological polar surface area (TPSA) is 58.3 Å². The molecule has 1 aromatic heterocycles. The molecule has 18 heavy (non-hydrogen) atoms. The van der Waals surface area contributed by atoms with Crippen LogP contribution in [0.3, 0.4) is 0 Å². The Balaban J connectivity index is 1.92. The van der Waals surface area contributed by atoms with Gasteiger partial charge >= 0.3 is 0 Å². The van der Waals surface area contributed by atoms with Gasteiger partial charge in [-0.2, -0.15) is 0 Å². The lowest BCUT2D eigenvalue weighted by atomic mass is 10.1. The molecule has 2 aromatic rings. The summed E-state index contributed by atoms with van der Waals surface area (Å²) in [5.74, 6) is 0.865. The smallest absolute Gasteiger partial charge is 0.138 e. The SMILES string of the molecule is Cc1noc(C)c1CNCc1cccc(CO)c1. The monoisotopic (exact) mass is 246 g/mol. The number of nitrogens with one attached hydrogen (secondary N) is 1. The molecule has 0 atom stereocenters. The highest BCUT2D eigenvalue weighted by atomic mass is 16.5. The molecule has 2 N–H and O–H groups in total. The maximum Gasteiger partial charge on any atom is 0.138 e. The highest BCUT2D eigenvalue weighted by molar-refractivity contribution is 5.23. The quantitative estimate of drug-likeness (QED) is 0.848. The average molecular weight is 246 g/mol. The Morgan fingerprint density at radius 2 is 2.00 bits per heavy atom. The fraction of sp³-hybridized carbons (Fsp3) is 0.357. The van der Waals surface area contributed by atoms with E-state index in [-0.39, 0.29) is 6.61 Å². The summed E-state index contributed by atoms with van der Waals surface area (Å²) in [7, 11) is 0. The van der Waals surface area contributed by atoms with E-state index in [0.29, 0.717) is 0 Å². The maximum absolute atomic E-state index is 9.07. The summed E-state index contributed by atoms with van der Waals surface area (Å²) >= 11 is 0. The zero-order chi connectivity index (χ0) is 13.0. The van der Waals surface area contributed by atoms with E-state index in [1.54, 1.807) is 0 Å². The van der Waals surface area contributed by atoms with Gasteiger partial charge in [-0.25, -0.2) is 0 Å². The Morgan fingerprint density at radius 3 is 2.67 bits per heavy atom. The first-order valence-electron chi connectivity index (χ1n) is 6.02. The number of nitrogens with zero attached hydrogens (tertiary/aromatic N) is 1. The van der Waals surface area contributed by atoms with Crippen molar-refractivity contribution in [3.63, 3.8) is 0 Å². The van der Waals surface area contributed by atoms with Gasteiger partial charge in [0, 0.05) is 18.7 Å². The van der Waals surface area contributed by atoms with Gasteiger partial charge in [-0.15, -0.1) is 0 Å². The maximum atomic E-state index is 9.07. The normalized spacial score (nSPS) is 10.8. The van der Waals surface area contributed by atoms with Crippen molar-refractivity contribution in [3.05, 3.63) is 52.4 Å². The van der Waals surface area contributed by atoms with Gasteiger partial charge in [0.05, 0.1) is 12.3 Å². The first-order chi connectivity index (χ1) is 8.70. The van der Waals surface area contributed by atoms with Crippen molar-refractivity contribution in [2.24, 2.45) is 0 Å². The van der Waals surface area contributed by atoms with Crippen molar-refractivity contribution in [2.45, 2.75) is 33.5 Å². The van der Waals surface area contributed by atoms with E-state index < -0.39 is 0 Å². The minimum Gasteiger partial charge on any atom is -0.392 e. The molecule has 1 aromatic carbocycles. The summed E-state index contributed by atoms with van der Waals surface area (Å²) in [5, 5.41) is 16.3. The summed E-state index contributed by atoms with van der Waals surface area (Å²) in [6, 6.07) is 7.91. The fourth-order valence-corrected chi connectivity index (χ4v) is 1.92. The summed E-state index contributed by atoms with van der Waals surface area (Å²) in [6.07, 6.45) is 0. The van der Waals surface area contributed by atoms with Crippen LogP contribution in [-0.4, -0.2) is 10.3 Å². The van der Waals surface area contributed by atoms with Crippen molar-refractivity contribution in [1.29, 1.82) is 0 Å². The van der Waals surface area contributed by atoms with Gasteiger partial charge in [0.15, 0.2) is 0 Å². The molecule has 0 bridgehead atoms. The van der Waals surface area contributed by atoms with Gasteiger partial charge < -0.3 is 14.9 Å². The van der Waals surface area contributed by atoms with E-state index in [9.17, 15) is 0 Å². The van der Waals surface area contributed by atoms with E-state index in [4.69, 9.17) is 9.63 Å². The predicted octanol–water partition coefficient (Wildman–Crippen LogP) is 2.07. The van der Waals surface area contributed by atoms with E-state index >= 15 is 0 Å². The Kier molecular flexibility index (Phi) is 4.12. The van der Waals surface area contributed by atoms with Crippen molar-refractivity contribution < 1.29 is 9.63 Å². The number of aliphatic hydroxyl groups is 1. The Bertz CT molecular complexity index is 501. The fourth-order valence-electron chi connectivity index (χ4n) is 1.92. The molecule has 0 fully saturated rings.